The predicted octanol–water partition coefficient (Wildman–Crippen LogP) is 4.45. The first kappa shape index (κ1) is 15.6. The number of anilines is 2. The molecule has 1 aromatic heterocycles. The maximum Gasteiger partial charge on any atom is 0.416 e. The van der Waals surface area contributed by atoms with Crippen LogP contribution in [0.25, 0.3) is 11.3 Å². The second-order valence-electron chi connectivity index (χ2n) is 6.24. The van der Waals surface area contributed by atoms with Gasteiger partial charge in [-0.05, 0) is 24.6 Å². The Morgan fingerprint density at radius 2 is 2.04 bits per heavy atom. The van der Waals surface area contributed by atoms with Crippen molar-refractivity contribution in [3.63, 3.8) is 0 Å². The molecule has 1 atom stereocenters. The summed E-state index contributed by atoms with van der Waals surface area (Å²) >= 11 is 6.36. The maximum absolute atomic E-state index is 13.0. The largest absolute Gasteiger partial charge is 0.416 e. The fraction of sp³-hybridized carbons (Fsp3) is 0.353. The first-order valence-electron chi connectivity index (χ1n) is 7.70. The van der Waals surface area contributed by atoms with Crippen molar-refractivity contribution in [1.82, 2.24) is 4.98 Å². The van der Waals surface area contributed by atoms with E-state index in [-0.39, 0.29) is 0 Å². The van der Waals surface area contributed by atoms with Gasteiger partial charge in [0.25, 0.3) is 0 Å². The van der Waals surface area contributed by atoms with Gasteiger partial charge in [0.1, 0.15) is 0 Å². The smallest absolute Gasteiger partial charge is 0.366 e. The average molecular weight is 354 g/mol. The molecule has 2 bridgehead atoms. The number of aromatic nitrogens is 1. The summed E-state index contributed by atoms with van der Waals surface area (Å²) in [5.41, 5.74) is 1.01. The Hall–Kier alpha value is -1.95. The molecule has 0 spiro atoms. The molecule has 2 aromatic rings. The molecule has 1 saturated heterocycles. The molecule has 0 radical (unpaired) electrons. The van der Waals surface area contributed by atoms with Crippen LogP contribution < -0.4 is 9.80 Å². The number of alkyl halides is 3. The third-order valence-corrected chi connectivity index (χ3v) is 5.07. The molecular weight excluding hydrogens is 339 g/mol. The molecule has 0 N–H and O–H groups in total. The molecule has 0 saturated carbocycles. The van der Waals surface area contributed by atoms with Crippen LogP contribution in [-0.2, 0) is 6.18 Å². The second-order valence-corrected chi connectivity index (χ2v) is 6.65. The van der Waals surface area contributed by atoms with Gasteiger partial charge in [-0.2, -0.15) is 13.2 Å². The standard InChI is InChI=1S/C17H15ClF3N3/c1-23-12-5-6-24(9-12)14-8-13(18)15(22-16(14)23)10-3-2-4-11(7-10)17(19,20)21/h2-4,7-8,12H,5-6,9H2,1H3. The van der Waals surface area contributed by atoms with Crippen LogP contribution in [0.5, 0.6) is 0 Å². The van der Waals surface area contributed by atoms with Crippen LogP contribution in [0.2, 0.25) is 5.02 Å². The highest BCUT2D eigenvalue weighted by Crippen LogP contribution is 2.42. The minimum absolute atomic E-state index is 0.367. The van der Waals surface area contributed by atoms with Gasteiger partial charge < -0.3 is 9.80 Å². The van der Waals surface area contributed by atoms with Crippen molar-refractivity contribution in [2.75, 3.05) is 29.9 Å². The summed E-state index contributed by atoms with van der Waals surface area (Å²) < 4.78 is 38.9. The second kappa shape index (κ2) is 5.28. The highest BCUT2D eigenvalue weighted by atomic mass is 35.5. The van der Waals surface area contributed by atoms with Crippen LogP contribution in [0.15, 0.2) is 30.3 Å². The van der Waals surface area contributed by atoms with Crippen molar-refractivity contribution < 1.29 is 13.2 Å². The molecule has 1 unspecified atom stereocenters. The zero-order chi connectivity index (χ0) is 17.1. The van der Waals surface area contributed by atoms with Gasteiger partial charge >= 0.3 is 6.18 Å². The Kier molecular flexibility index (Phi) is 3.42. The molecule has 0 amide bonds. The van der Waals surface area contributed by atoms with Gasteiger partial charge in [-0.1, -0.05) is 23.7 Å². The first-order valence-corrected chi connectivity index (χ1v) is 8.08. The van der Waals surface area contributed by atoms with Crippen LogP contribution >= 0.6 is 11.6 Å². The summed E-state index contributed by atoms with van der Waals surface area (Å²) in [5, 5.41) is 0.367. The Labute approximate surface area is 142 Å². The van der Waals surface area contributed by atoms with E-state index in [1.165, 1.54) is 6.07 Å². The third kappa shape index (κ3) is 2.40. The molecule has 1 fully saturated rings. The van der Waals surface area contributed by atoms with Crippen LogP contribution in [0.4, 0.5) is 24.7 Å². The SMILES string of the molecule is CN1c2nc(-c3cccc(C(F)(F)F)c3)c(Cl)cc2N2CCC1C2. The molecular formula is C17H15ClF3N3. The van der Waals surface area contributed by atoms with Crippen molar-refractivity contribution >= 4 is 23.1 Å². The lowest BCUT2D eigenvalue weighted by Crippen LogP contribution is -2.40. The number of benzene rings is 1. The van der Waals surface area contributed by atoms with E-state index in [2.05, 4.69) is 14.8 Å². The van der Waals surface area contributed by atoms with Crippen molar-refractivity contribution in [1.29, 1.82) is 0 Å². The summed E-state index contributed by atoms with van der Waals surface area (Å²) in [4.78, 5) is 8.95. The van der Waals surface area contributed by atoms with E-state index in [1.54, 1.807) is 6.07 Å². The van der Waals surface area contributed by atoms with Gasteiger partial charge in [-0.3, -0.25) is 0 Å². The highest BCUT2D eigenvalue weighted by Gasteiger charge is 2.36. The summed E-state index contributed by atoms with van der Waals surface area (Å²) in [5.74, 6) is 0.778. The number of halogens is 4. The quantitative estimate of drug-likeness (QED) is 0.755. The van der Waals surface area contributed by atoms with Crippen LogP contribution in [0, 0.1) is 0 Å². The van der Waals surface area contributed by atoms with Gasteiger partial charge in [0.05, 0.1) is 22.0 Å². The Balaban J connectivity index is 1.83. The van der Waals surface area contributed by atoms with E-state index >= 15 is 0 Å². The molecule has 7 heteroatoms. The monoisotopic (exact) mass is 353 g/mol. The van der Waals surface area contributed by atoms with E-state index in [4.69, 9.17) is 11.6 Å². The normalized spacial score (nSPS) is 19.6. The predicted molar refractivity (Wildman–Crippen MR) is 88.7 cm³/mol. The van der Waals surface area contributed by atoms with E-state index in [0.29, 0.717) is 22.3 Å². The lowest BCUT2D eigenvalue weighted by atomic mass is 10.1. The van der Waals surface area contributed by atoms with Crippen LogP contribution in [0.3, 0.4) is 0 Å². The molecule has 24 heavy (non-hydrogen) atoms. The number of nitrogens with zero attached hydrogens (tertiary/aromatic N) is 3. The number of hydrogen-bond acceptors (Lipinski definition) is 3. The lowest BCUT2D eigenvalue weighted by Gasteiger charge is -2.35. The average Bonchev–Trinajstić information content (AvgIpc) is 2.98. The number of rotatable bonds is 1. The number of hydrogen-bond donors (Lipinski definition) is 0. The fourth-order valence-electron chi connectivity index (χ4n) is 3.46. The van der Waals surface area contributed by atoms with E-state index in [0.717, 1.165) is 43.1 Å². The van der Waals surface area contributed by atoms with Gasteiger partial charge in [-0.25, -0.2) is 4.98 Å². The zero-order valence-electron chi connectivity index (χ0n) is 12.9. The Bertz CT molecular complexity index is 806. The molecule has 4 rings (SSSR count). The lowest BCUT2D eigenvalue weighted by molar-refractivity contribution is -0.137. The van der Waals surface area contributed by atoms with Crippen LogP contribution in [0.1, 0.15) is 12.0 Å². The highest BCUT2D eigenvalue weighted by molar-refractivity contribution is 6.33. The molecule has 126 valence electrons. The molecule has 3 heterocycles. The number of fused-ring (bicyclic) bond motifs is 4. The summed E-state index contributed by atoms with van der Waals surface area (Å²) in [6.45, 7) is 1.88. The topological polar surface area (TPSA) is 19.4 Å². The van der Waals surface area contributed by atoms with Crippen molar-refractivity contribution in [2.45, 2.75) is 18.6 Å². The molecule has 3 nitrogen and oxygen atoms in total. The minimum Gasteiger partial charge on any atom is -0.366 e. The Morgan fingerprint density at radius 1 is 1.25 bits per heavy atom. The van der Waals surface area contributed by atoms with E-state index in [9.17, 15) is 13.2 Å². The fourth-order valence-corrected chi connectivity index (χ4v) is 3.71. The molecule has 0 aliphatic carbocycles. The first-order chi connectivity index (χ1) is 11.3. The molecule has 2 aliphatic rings. The van der Waals surface area contributed by atoms with Crippen LogP contribution in [-0.4, -0.2) is 31.2 Å². The van der Waals surface area contributed by atoms with Gasteiger partial charge in [0.15, 0.2) is 5.82 Å². The summed E-state index contributed by atoms with van der Waals surface area (Å²) in [6, 6.07) is 7.34. The van der Waals surface area contributed by atoms with E-state index in [1.807, 2.05) is 13.1 Å². The van der Waals surface area contributed by atoms with E-state index < -0.39 is 11.7 Å². The summed E-state index contributed by atoms with van der Waals surface area (Å²) in [6.07, 6.45) is -3.35. The number of likely N-dealkylation sites (N-methyl/N-ethyl adjacent to an activating group) is 1. The Morgan fingerprint density at radius 3 is 2.79 bits per heavy atom. The van der Waals surface area contributed by atoms with Gasteiger partial charge in [0.2, 0.25) is 0 Å². The van der Waals surface area contributed by atoms with Crippen molar-refractivity contribution in [3.05, 3.63) is 40.9 Å². The zero-order valence-corrected chi connectivity index (χ0v) is 13.7. The van der Waals surface area contributed by atoms with Crippen molar-refractivity contribution in [2.24, 2.45) is 0 Å². The van der Waals surface area contributed by atoms with Crippen molar-refractivity contribution in [3.8, 4) is 11.3 Å². The number of pyridine rings is 1. The summed E-state index contributed by atoms with van der Waals surface area (Å²) in [7, 11) is 1.98. The maximum atomic E-state index is 13.0. The van der Waals surface area contributed by atoms with Gasteiger partial charge in [0, 0.05) is 31.7 Å². The molecule has 2 aliphatic heterocycles. The van der Waals surface area contributed by atoms with Gasteiger partial charge in [-0.15, -0.1) is 0 Å². The minimum atomic E-state index is -4.39. The third-order valence-electron chi connectivity index (χ3n) is 4.79. The molecule has 1 aromatic carbocycles.